The molecule has 1 aromatic rings. The van der Waals surface area contributed by atoms with Crippen molar-refractivity contribution in [1.82, 2.24) is 4.90 Å². The van der Waals surface area contributed by atoms with Crippen molar-refractivity contribution in [2.45, 2.75) is 24.3 Å². The summed E-state index contributed by atoms with van der Waals surface area (Å²) in [4.78, 5) is 14.7. The van der Waals surface area contributed by atoms with Gasteiger partial charge in [0.2, 0.25) is 5.91 Å². The maximum absolute atomic E-state index is 11.7. The molecule has 0 aliphatic carbocycles. The quantitative estimate of drug-likeness (QED) is 0.584. The summed E-state index contributed by atoms with van der Waals surface area (Å²) in [5, 5.41) is 0. The van der Waals surface area contributed by atoms with Gasteiger partial charge in [-0.2, -0.15) is 0 Å². The van der Waals surface area contributed by atoms with Crippen molar-refractivity contribution in [1.29, 1.82) is 0 Å². The Kier molecular flexibility index (Phi) is 6.45. The molecule has 0 aliphatic heterocycles. The number of nitrogens with zero attached hydrogens (tertiary/aromatic N) is 1. The second kappa shape index (κ2) is 7.62. The molecule has 0 bridgehead atoms. The lowest BCUT2D eigenvalue weighted by Gasteiger charge is -2.17. The van der Waals surface area contributed by atoms with Gasteiger partial charge in [-0.15, -0.1) is 23.4 Å². The van der Waals surface area contributed by atoms with E-state index in [2.05, 4.69) is 30.5 Å². The smallest absolute Gasteiger partial charge is 0.222 e. The van der Waals surface area contributed by atoms with Crippen LogP contribution in [0.5, 0.6) is 0 Å². The standard InChI is InChI=1S/C13H18ClNOS/c1-15(13(16)4-3-9-14)10-11-5-7-12(17-2)8-6-11/h5-8H,3-4,9-10H2,1-2H3. The molecule has 0 N–H and O–H groups in total. The number of thioether (sulfide) groups is 1. The normalized spacial score (nSPS) is 10.3. The summed E-state index contributed by atoms with van der Waals surface area (Å²) in [5.41, 5.74) is 1.16. The van der Waals surface area contributed by atoms with Gasteiger partial charge in [-0.1, -0.05) is 12.1 Å². The molecule has 0 saturated heterocycles. The van der Waals surface area contributed by atoms with Gasteiger partial charge in [0.15, 0.2) is 0 Å². The van der Waals surface area contributed by atoms with Gasteiger partial charge in [0.25, 0.3) is 0 Å². The van der Waals surface area contributed by atoms with E-state index in [1.165, 1.54) is 4.90 Å². The van der Waals surface area contributed by atoms with Crippen LogP contribution in [0.3, 0.4) is 0 Å². The Hall–Kier alpha value is -0.670. The van der Waals surface area contributed by atoms with Gasteiger partial charge in [-0.3, -0.25) is 4.79 Å². The first kappa shape index (κ1) is 14.4. The van der Waals surface area contributed by atoms with Crippen molar-refractivity contribution in [3.63, 3.8) is 0 Å². The molecule has 0 atom stereocenters. The summed E-state index contributed by atoms with van der Waals surface area (Å²) in [6.07, 6.45) is 3.33. The number of carbonyl (C=O) groups excluding carboxylic acids is 1. The molecular weight excluding hydrogens is 254 g/mol. The molecule has 0 heterocycles. The molecule has 0 fully saturated rings. The number of hydrogen-bond donors (Lipinski definition) is 0. The molecule has 0 unspecified atom stereocenters. The van der Waals surface area contributed by atoms with Crippen LogP contribution in [0.15, 0.2) is 29.2 Å². The number of alkyl halides is 1. The third kappa shape index (κ3) is 5.00. The summed E-state index contributed by atoms with van der Waals surface area (Å²) in [7, 11) is 1.83. The molecule has 4 heteroatoms. The van der Waals surface area contributed by atoms with E-state index in [1.807, 2.05) is 7.05 Å². The Bertz CT molecular complexity index is 353. The first-order valence-electron chi connectivity index (χ1n) is 5.60. The number of hydrogen-bond acceptors (Lipinski definition) is 2. The molecule has 17 heavy (non-hydrogen) atoms. The molecule has 0 radical (unpaired) electrons. The van der Waals surface area contributed by atoms with Gasteiger partial charge in [0.05, 0.1) is 0 Å². The molecule has 1 aromatic carbocycles. The second-order valence-electron chi connectivity index (χ2n) is 3.89. The van der Waals surface area contributed by atoms with Crippen LogP contribution < -0.4 is 0 Å². The van der Waals surface area contributed by atoms with Crippen LogP contribution in [0.4, 0.5) is 0 Å². The predicted octanol–water partition coefficient (Wildman–Crippen LogP) is 3.39. The number of rotatable bonds is 6. The van der Waals surface area contributed by atoms with Crippen molar-refractivity contribution in [2.75, 3.05) is 19.2 Å². The van der Waals surface area contributed by atoms with E-state index in [0.717, 1.165) is 12.0 Å². The van der Waals surface area contributed by atoms with Gasteiger partial charge in [-0.25, -0.2) is 0 Å². The van der Waals surface area contributed by atoms with E-state index in [9.17, 15) is 4.79 Å². The third-order valence-electron chi connectivity index (χ3n) is 2.53. The minimum absolute atomic E-state index is 0.152. The van der Waals surface area contributed by atoms with Crippen LogP contribution in [0, 0.1) is 0 Å². The maximum Gasteiger partial charge on any atom is 0.222 e. The van der Waals surface area contributed by atoms with Crippen molar-refractivity contribution in [3.05, 3.63) is 29.8 Å². The van der Waals surface area contributed by atoms with Crippen molar-refractivity contribution in [2.24, 2.45) is 0 Å². The summed E-state index contributed by atoms with van der Waals surface area (Å²) < 4.78 is 0. The lowest BCUT2D eigenvalue weighted by atomic mass is 10.2. The van der Waals surface area contributed by atoms with Crippen LogP contribution in [-0.4, -0.2) is 30.0 Å². The molecule has 0 aromatic heterocycles. The van der Waals surface area contributed by atoms with E-state index in [-0.39, 0.29) is 5.91 Å². The Labute approximate surface area is 112 Å². The predicted molar refractivity (Wildman–Crippen MR) is 74.7 cm³/mol. The highest BCUT2D eigenvalue weighted by molar-refractivity contribution is 7.98. The summed E-state index contributed by atoms with van der Waals surface area (Å²) in [5.74, 6) is 0.696. The van der Waals surface area contributed by atoms with E-state index in [0.29, 0.717) is 18.8 Å². The molecule has 0 spiro atoms. The molecule has 0 aliphatic rings. The van der Waals surface area contributed by atoms with Crippen LogP contribution in [-0.2, 0) is 11.3 Å². The van der Waals surface area contributed by atoms with Gasteiger partial charge >= 0.3 is 0 Å². The zero-order chi connectivity index (χ0) is 12.7. The van der Waals surface area contributed by atoms with E-state index < -0.39 is 0 Å². The van der Waals surface area contributed by atoms with Crippen molar-refractivity contribution >= 4 is 29.3 Å². The lowest BCUT2D eigenvalue weighted by molar-refractivity contribution is -0.130. The largest absolute Gasteiger partial charge is 0.341 e. The third-order valence-corrected chi connectivity index (χ3v) is 3.54. The van der Waals surface area contributed by atoms with Crippen molar-refractivity contribution < 1.29 is 4.79 Å². The number of benzene rings is 1. The van der Waals surface area contributed by atoms with Crippen LogP contribution in [0.2, 0.25) is 0 Å². The number of amides is 1. The van der Waals surface area contributed by atoms with Crippen LogP contribution in [0.25, 0.3) is 0 Å². The lowest BCUT2D eigenvalue weighted by Crippen LogP contribution is -2.25. The first-order chi connectivity index (χ1) is 8.17. The fraction of sp³-hybridized carbons (Fsp3) is 0.462. The van der Waals surface area contributed by atoms with Gasteiger partial charge in [0, 0.05) is 30.8 Å². The average Bonchev–Trinajstić information content (AvgIpc) is 2.36. The van der Waals surface area contributed by atoms with E-state index >= 15 is 0 Å². The van der Waals surface area contributed by atoms with Crippen molar-refractivity contribution in [3.8, 4) is 0 Å². The zero-order valence-corrected chi connectivity index (χ0v) is 11.9. The Morgan fingerprint density at radius 3 is 2.53 bits per heavy atom. The fourth-order valence-corrected chi connectivity index (χ4v) is 2.04. The highest BCUT2D eigenvalue weighted by atomic mass is 35.5. The second-order valence-corrected chi connectivity index (χ2v) is 5.15. The van der Waals surface area contributed by atoms with E-state index in [1.54, 1.807) is 16.7 Å². The first-order valence-corrected chi connectivity index (χ1v) is 7.36. The number of halogens is 1. The summed E-state index contributed by atoms with van der Waals surface area (Å²) >= 11 is 7.29. The summed E-state index contributed by atoms with van der Waals surface area (Å²) in [6, 6.07) is 8.29. The van der Waals surface area contributed by atoms with Crippen LogP contribution in [0.1, 0.15) is 18.4 Å². The fourth-order valence-electron chi connectivity index (χ4n) is 1.50. The maximum atomic E-state index is 11.7. The molecule has 0 saturated carbocycles. The highest BCUT2D eigenvalue weighted by Crippen LogP contribution is 2.15. The topological polar surface area (TPSA) is 20.3 Å². The highest BCUT2D eigenvalue weighted by Gasteiger charge is 2.08. The molecule has 1 rings (SSSR count). The Morgan fingerprint density at radius 1 is 1.35 bits per heavy atom. The van der Waals surface area contributed by atoms with Gasteiger partial charge in [-0.05, 0) is 30.4 Å². The monoisotopic (exact) mass is 271 g/mol. The molecular formula is C13H18ClNOS. The van der Waals surface area contributed by atoms with E-state index in [4.69, 9.17) is 11.6 Å². The zero-order valence-electron chi connectivity index (χ0n) is 10.3. The van der Waals surface area contributed by atoms with Gasteiger partial charge in [0.1, 0.15) is 0 Å². The Balaban J connectivity index is 2.49. The van der Waals surface area contributed by atoms with Gasteiger partial charge < -0.3 is 4.90 Å². The number of carbonyl (C=O) groups is 1. The summed E-state index contributed by atoms with van der Waals surface area (Å²) in [6.45, 7) is 0.662. The minimum atomic E-state index is 0.152. The molecule has 1 amide bonds. The average molecular weight is 272 g/mol. The Morgan fingerprint density at radius 2 is 2.00 bits per heavy atom. The SMILES string of the molecule is CSc1ccc(CN(C)C(=O)CCCCl)cc1. The molecule has 94 valence electrons. The minimum Gasteiger partial charge on any atom is -0.341 e. The van der Waals surface area contributed by atoms with Crippen LogP contribution >= 0.6 is 23.4 Å². The molecule has 2 nitrogen and oxygen atoms in total.